The molecule has 0 bridgehead atoms. The number of allylic oxidation sites excluding steroid dienone is 1. The lowest BCUT2D eigenvalue weighted by Crippen LogP contribution is -2.51. The summed E-state index contributed by atoms with van der Waals surface area (Å²) in [4.78, 5) is 11.6. The highest BCUT2D eigenvalue weighted by atomic mass is 31.2. The van der Waals surface area contributed by atoms with Gasteiger partial charge in [-0.15, -0.1) is 0 Å². The standard InChI is InChI=1S/C40H60NO3P/c1-27(2)12-10-13-28(3)34-19-20-35-33-18-17-31-26-32(21-23-39(31,5)36(33)22-24-40(34,35)6)44-45(42)38(37-16-11-25-43-37)41-29(4)30-14-8-7-9-15-30/h7-9,11,14-17,25,27-29,32-36,38,41-42H,10,12-13,18-24,26H2,1-6H3/t28-,29-,32+,33+,34-,35+,36+,38?,39+,40-,45?/m1/s1. The second-order valence-corrected chi connectivity index (χ2v) is 17.6. The minimum Gasteiger partial charge on any atom is -0.467 e. The van der Waals surface area contributed by atoms with Crippen LogP contribution in [0.5, 0.6) is 0 Å². The van der Waals surface area contributed by atoms with E-state index >= 15 is 0 Å². The SMILES string of the molecule is CC(C)CCC[C@@H](C)[C@H]1CC[C@H]2[C@@H]3CC=C4C[C@@H](OP(O)C(N[C@H](C)c5ccccc5)c5ccco5)CC[C@]4(C)[C@H]3CC[C@]12C. The van der Waals surface area contributed by atoms with Crippen LogP contribution in [0.15, 0.2) is 64.8 Å². The Kier molecular flexibility index (Phi) is 10.4. The van der Waals surface area contributed by atoms with Gasteiger partial charge < -0.3 is 13.8 Å². The number of benzene rings is 1. The molecule has 3 fully saturated rings. The van der Waals surface area contributed by atoms with Crippen molar-refractivity contribution in [2.45, 2.75) is 130 Å². The Morgan fingerprint density at radius 1 is 0.956 bits per heavy atom. The zero-order valence-corrected chi connectivity index (χ0v) is 29.8. The summed E-state index contributed by atoms with van der Waals surface area (Å²) in [7, 11) is -1.76. The maximum absolute atomic E-state index is 11.6. The third-order valence-electron chi connectivity index (χ3n) is 13.3. The molecule has 4 nitrogen and oxygen atoms in total. The monoisotopic (exact) mass is 633 g/mol. The van der Waals surface area contributed by atoms with Crippen LogP contribution in [0.2, 0.25) is 0 Å². The summed E-state index contributed by atoms with van der Waals surface area (Å²) >= 11 is 0. The summed E-state index contributed by atoms with van der Waals surface area (Å²) in [5, 5.41) is 3.62. The van der Waals surface area contributed by atoms with E-state index in [9.17, 15) is 4.89 Å². The predicted molar refractivity (Wildman–Crippen MR) is 186 cm³/mol. The van der Waals surface area contributed by atoms with E-state index in [4.69, 9.17) is 8.94 Å². The number of fused-ring (bicyclic) bond motifs is 5. The molecule has 6 rings (SSSR count). The van der Waals surface area contributed by atoms with Crippen molar-refractivity contribution in [2.75, 3.05) is 0 Å². The van der Waals surface area contributed by atoms with Gasteiger partial charge >= 0.3 is 0 Å². The summed E-state index contributed by atoms with van der Waals surface area (Å²) in [5.41, 5.74) is 3.61. The topological polar surface area (TPSA) is 54.6 Å². The van der Waals surface area contributed by atoms with Crippen LogP contribution in [0.1, 0.15) is 135 Å². The molecule has 45 heavy (non-hydrogen) atoms. The molecule has 0 saturated heterocycles. The first-order valence-corrected chi connectivity index (χ1v) is 19.6. The number of furan rings is 1. The first-order valence-electron chi connectivity index (χ1n) is 18.3. The zero-order chi connectivity index (χ0) is 31.8. The Hall–Kier alpha value is -1.45. The van der Waals surface area contributed by atoms with Gasteiger partial charge in [0.1, 0.15) is 11.5 Å². The zero-order valence-electron chi connectivity index (χ0n) is 28.9. The minimum absolute atomic E-state index is 0.0553. The van der Waals surface area contributed by atoms with Gasteiger partial charge in [0.25, 0.3) is 0 Å². The quantitative estimate of drug-likeness (QED) is 0.180. The predicted octanol–water partition coefficient (Wildman–Crippen LogP) is 11.4. The lowest BCUT2D eigenvalue weighted by Gasteiger charge is -2.58. The Balaban J connectivity index is 1.11. The smallest absolute Gasteiger partial charge is 0.194 e. The molecule has 1 aromatic heterocycles. The molecule has 0 amide bonds. The maximum Gasteiger partial charge on any atom is 0.194 e. The molecule has 5 heteroatoms. The van der Waals surface area contributed by atoms with E-state index < -0.39 is 8.38 Å². The molecule has 4 aliphatic rings. The van der Waals surface area contributed by atoms with Gasteiger partial charge in [0.15, 0.2) is 8.38 Å². The van der Waals surface area contributed by atoms with Crippen LogP contribution in [-0.4, -0.2) is 11.0 Å². The van der Waals surface area contributed by atoms with Crippen LogP contribution in [-0.2, 0) is 4.52 Å². The lowest BCUT2D eigenvalue weighted by atomic mass is 9.47. The van der Waals surface area contributed by atoms with Crippen molar-refractivity contribution in [2.24, 2.45) is 46.3 Å². The van der Waals surface area contributed by atoms with Crippen molar-refractivity contribution < 1.29 is 13.8 Å². The average Bonchev–Trinajstić information content (AvgIpc) is 3.68. The molecule has 11 atom stereocenters. The van der Waals surface area contributed by atoms with Crippen LogP contribution in [0.25, 0.3) is 0 Å². The molecular formula is C40H60NO3P. The first-order chi connectivity index (χ1) is 21.6. The number of hydrogen-bond acceptors (Lipinski definition) is 4. The molecule has 4 aliphatic carbocycles. The highest BCUT2D eigenvalue weighted by molar-refractivity contribution is 7.46. The summed E-state index contributed by atoms with van der Waals surface area (Å²) in [6.45, 7) is 14.7. The van der Waals surface area contributed by atoms with E-state index in [-0.39, 0.29) is 23.3 Å². The van der Waals surface area contributed by atoms with E-state index in [0.717, 1.165) is 54.1 Å². The molecule has 2 N–H and O–H groups in total. The normalized spacial score (nSPS) is 35.6. The number of hydrogen-bond donors (Lipinski definition) is 2. The van der Waals surface area contributed by atoms with Crippen LogP contribution >= 0.6 is 8.38 Å². The van der Waals surface area contributed by atoms with Gasteiger partial charge in [-0.1, -0.05) is 95.9 Å². The summed E-state index contributed by atoms with van der Waals surface area (Å²) in [6.07, 6.45) is 18.7. The molecule has 248 valence electrons. The largest absolute Gasteiger partial charge is 0.467 e. The van der Waals surface area contributed by atoms with Crippen molar-refractivity contribution in [3.05, 3.63) is 71.7 Å². The Morgan fingerprint density at radius 3 is 2.49 bits per heavy atom. The van der Waals surface area contributed by atoms with Gasteiger partial charge in [-0.2, -0.15) is 0 Å². The molecule has 0 aliphatic heterocycles. The van der Waals surface area contributed by atoms with Crippen LogP contribution < -0.4 is 5.32 Å². The number of nitrogens with one attached hydrogen (secondary N) is 1. The fraction of sp³-hybridized carbons (Fsp3) is 0.700. The molecule has 2 aromatic rings. The van der Waals surface area contributed by atoms with Gasteiger partial charge in [0.05, 0.1) is 12.4 Å². The van der Waals surface area contributed by atoms with E-state index in [0.29, 0.717) is 5.41 Å². The maximum atomic E-state index is 11.6. The molecule has 1 aromatic carbocycles. The van der Waals surface area contributed by atoms with Crippen LogP contribution in [0.4, 0.5) is 0 Å². The lowest BCUT2D eigenvalue weighted by molar-refractivity contribution is -0.0559. The van der Waals surface area contributed by atoms with Crippen molar-refractivity contribution in [3.63, 3.8) is 0 Å². The van der Waals surface area contributed by atoms with Crippen molar-refractivity contribution >= 4 is 8.38 Å². The molecule has 3 saturated carbocycles. The fourth-order valence-corrected chi connectivity index (χ4v) is 12.1. The Morgan fingerprint density at radius 2 is 1.76 bits per heavy atom. The summed E-state index contributed by atoms with van der Waals surface area (Å²) in [6, 6.07) is 14.3. The third-order valence-corrected chi connectivity index (χ3v) is 14.6. The summed E-state index contributed by atoms with van der Waals surface area (Å²) in [5.74, 6) is 5.47. The van der Waals surface area contributed by atoms with Crippen LogP contribution in [0, 0.1) is 46.3 Å². The first kappa shape index (κ1) is 33.5. The second kappa shape index (κ2) is 14.0. The molecule has 0 spiro atoms. The van der Waals surface area contributed by atoms with Crippen molar-refractivity contribution in [3.8, 4) is 0 Å². The third kappa shape index (κ3) is 6.78. The summed E-state index contributed by atoms with van der Waals surface area (Å²) < 4.78 is 12.4. The van der Waals surface area contributed by atoms with Crippen LogP contribution in [0.3, 0.4) is 0 Å². The molecule has 0 radical (unpaired) electrons. The fourth-order valence-electron chi connectivity index (χ4n) is 10.7. The van der Waals surface area contributed by atoms with Crippen molar-refractivity contribution in [1.82, 2.24) is 5.32 Å². The van der Waals surface area contributed by atoms with Gasteiger partial charge in [0, 0.05) is 6.04 Å². The molecule has 1 heterocycles. The average molecular weight is 634 g/mol. The molecular weight excluding hydrogens is 573 g/mol. The van der Waals surface area contributed by atoms with Gasteiger partial charge in [0.2, 0.25) is 0 Å². The van der Waals surface area contributed by atoms with E-state index in [1.807, 2.05) is 18.2 Å². The Bertz CT molecular complexity index is 1260. The Labute approximate surface area is 275 Å². The van der Waals surface area contributed by atoms with Crippen molar-refractivity contribution in [1.29, 1.82) is 0 Å². The van der Waals surface area contributed by atoms with E-state index in [1.165, 1.54) is 63.4 Å². The molecule has 2 unspecified atom stereocenters. The highest BCUT2D eigenvalue weighted by Gasteiger charge is 2.59. The minimum atomic E-state index is -1.76. The second-order valence-electron chi connectivity index (χ2n) is 16.3. The van der Waals surface area contributed by atoms with Gasteiger partial charge in [-0.25, -0.2) is 0 Å². The van der Waals surface area contributed by atoms with E-state index in [2.05, 4.69) is 77.2 Å². The van der Waals surface area contributed by atoms with E-state index in [1.54, 1.807) is 11.8 Å². The van der Waals surface area contributed by atoms with Gasteiger partial charge in [-0.3, -0.25) is 5.32 Å². The van der Waals surface area contributed by atoms with Gasteiger partial charge in [-0.05, 0) is 122 Å². The number of rotatable bonds is 12. The highest BCUT2D eigenvalue weighted by Crippen LogP contribution is 2.67.